The zero-order chi connectivity index (χ0) is 17.1. The van der Waals surface area contributed by atoms with Crippen LogP contribution in [-0.4, -0.2) is 43.1 Å². The van der Waals surface area contributed by atoms with E-state index < -0.39 is 24.5 Å². The standard InChI is InChI=1S/C17H17N3O4S/c1-8-9-2-4-20(16(9)19-7-18-8)17-13(22)12(21)15(24-17)14-10-3-5-25-11(10)6-23-14/h2-5,7,12-15,17,21-22H,6H2,1H3/t12-,13+,14?,15-,17+/m0/s1. The van der Waals surface area contributed by atoms with Gasteiger partial charge in [-0.3, -0.25) is 0 Å². The minimum atomic E-state index is -1.07. The summed E-state index contributed by atoms with van der Waals surface area (Å²) < 4.78 is 13.6. The lowest BCUT2D eigenvalue weighted by Gasteiger charge is -2.21. The van der Waals surface area contributed by atoms with Crippen LogP contribution in [0.25, 0.3) is 11.0 Å². The first kappa shape index (κ1) is 15.4. The average molecular weight is 359 g/mol. The molecule has 2 N–H and O–H groups in total. The summed E-state index contributed by atoms with van der Waals surface area (Å²) in [5, 5.41) is 24.1. The van der Waals surface area contributed by atoms with Gasteiger partial charge >= 0.3 is 0 Å². The van der Waals surface area contributed by atoms with Crippen LogP contribution in [0.5, 0.6) is 0 Å². The predicted molar refractivity (Wildman–Crippen MR) is 90.0 cm³/mol. The Morgan fingerprint density at radius 1 is 1.24 bits per heavy atom. The summed E-state index contributed by atoms with van der Waals surface area (Å²) in [6.07, 6.45) is -0.533. The Kier molecular flexibility index (Phi) is 3.44. The fourth-order valence-electron chi connectivity index (χ4n) is 3.72. The maximum Gasteiger partial charge on any atom is 0.164 e. The number of fused-ring (bicyclic) bond motifs is 2. The molecule has 0 bridgehead atoms. The quantitative estimate of drug-likeness (QED) is 0.724. The van der Waals surface area contributed by atoms with Crippen LogP contribution in [0.4, 0.5) is 0 Å². The third kappa shape index (κ3) is 2.19. The van der Waals surface area contributed by atoms with E-state index in [0.717, 1.165) is 21.5 Å². The molecule has 0 aromatic carbocycles. The lowest BCUT2D eigenvalue weighted by molar-refractivity contribution is -0.104. The first-order valence-electron chi connectivity index (χ1n) is 8.13. The lowest BCUT2D eigenvalue weighted by atomic mass is 10.0. The molecule has 1 unspecified atom stereocenters. The molecule has 3 aromatic rings. The van der Waals surface area contributed by atoms with Gasteiger partial charge in [0.05, 0.1) is 12.3 Å². The van der Waals surface area contributed by atoms with Crippen LogP contribution >= 0.6 is 11.3 Å². The number of ether oxygens (including phenoxy) is 2. The van der Waals surface area contributed by atoms with Gasteiger partial charge in [-0.25, -0.2) is 9.97 Å². The van der Waals surface area contributed by atoms with E-state index in [-0.39, 0.29) is 6.10 Å². The number of hydrogen-bond donors (Lipinski definition) is 2. The first-order valence-corrected chi connectivity index (χ1v) is 9.00. The molecule has 0 saturated carbocycles. The Balaban J connectivity index is 1.50. The highest BCUT2D eigenvalue weighted by Gasteiger charge is 2.50. The van der Waals surface area contributed by atoms with Crippen LogP contribution in [0.15, 0.2) is 30.0 Å². The predicted octanol–water partition coefficient (Wildman–Crippen LogP) is 1.69. The minimum Gasteiger partial charge on any atom is -0.387 e. The Morgan fingerprint density at radius 2 is 2.12 bits per heavy atom. The van der Waals surface area contributed by atoms with E-state index in [1.165, 1.54) is 6.33 Å². The largest absolute Gasteiger partial charge is 0.387 e. The van der Waals surface area contributed by atoms with Crippen LogP contribution in [0.2, 0.25) is 0 Å². The van der Waals surface area contributed by atoms with Crippen molar-refractivity contribution >= 4 is 22.4 Å². The van der Waals surface area contributed by atoms with Crippen LogP contribution < -0.4 is 0 Å². The molecule has 7 nitrogen and oxygen atoms in total. The molecule has 25 heavy (non-hydrogen) atoms. The van der Waals surface area contributed by atoms with E-state index in [1.54, 1.807) is 22.1 Å². The number of aryl methyl sites for hydroxylation is 1. The Hall–Kier alpha value is -1.84. The van der Waals surface area contributed by atoms with Crippen molar-refractivity contribution in [2.45, 2.75) is 44.2 Å². The maximum atomic E-state index is 10.6. The molecular formula is C17H17N3O4S. The van der Waals surface area contributed by atoms with Gasteiger partial charge in [-0.2, -0.15) is 0 Å². The summed E-state index contributed by atoms with van der Waals surface area (Å²) in [5.41, 5.74) is 2.57. The maximum absolute atomic E-state index is 10.6. The lowest BCUT2D eigenvalue weighted by Crippen LogP contribution is -2.34. The summed E-state index contributed by atoms with van der Waals surface area (Å²) in [5.74, 6) is 0. The number of aliphatic hydroxyl groups is 2. The Labute approximate surface area is 147 Å². The zero-order valence-corrected chi connectivity index (χ0v) is 14.3. The second kappa shape index (κ2) is 5.58. The van der Waals surface area contributed by atoms with E-state index in [0.29, 0.717) is 12.3 Å². The summed E-state index contributed by atoms with van der Waals surface area (Å²) in [4.78, 5) is 9.63. The van der Waals surface area contributed by atoms with Crippen LogP contribution in [-0.2, 0) is 16.1 Å². The van der Waals surface area contributed by atoms with E-state index in [4.69, 9.17) is 9.47 Å². The van der Waals surface area contributed by atoms with Crippen LogP contribution in [0.1, 0.15) is 28.5 Å². The summed E-state index contributed by atoms with van der Waals surface area (Å²) >= 11 is 1.63. The van der Waals surface area contributed by atoms with Crippen molar-refractivity contribution < 1.29 is 19.7 Å². The van der Waals surface area contributed by atoms with Crippen molar-refractivity contribution in [1.29, 1.82) is 0 Å². The molecule has 8 heteroatoms. The second-order valence-electron chi connectivity index (χ2n) is 6.42. The Bertz CT molecular complexity index is 939. The molecule has 5 heterocycles. The molecule has 2 aliphatic heterocycles. The average Bonchev–Trinajstić information content (AvgIpc) is 3.34. The molecule has 5 atom stereocenters. The normalized spacial score (nSPS) is 31.7. The van der Waals surface area contributed by atoms with Gasteiger partial charge in [-0.05, 0) is 30.0 Å². The number of rotatable bonds is 2. The van der Waals surface area contributed by atoms with Gasteiger partial charge in [-0.1, -0.05) is 0 Å². The van der Waals surface area contributed by atoms with Crippen LogP contribution in [0.3, 0.4) is 0 Å². The highest BCUT2D eigenvalue weighted by molar-refractivity contribution is 7.10. The number of nitrogens with zero attached hydrogens (tertiary/aromatic N) is 3. The smallest absolute Gasteiger partial charge is 0.164 e. The summed E-state index contributed by atoms with van der Waals surface area (Å²) in [7, 11) is 0. The molecule has 0 amide bonds. The van der Waals surface area contributed by atoms with Crippen molar-refractivity contribution in [1.82, 2.24) is 14.5 Å². The zero-order valence-electron chi connectivity index (χ0n) is 13.4. The van der Waals surface area contributed by atoms with E-state index >= 15 is 0 Å². The van der Waals surface area contributed by atoms with Crippen molar-refractivity contribution in [2.75, 3.05) is 0 Å². The van der Waals surface area contributed by atoms with Gasteiger partial charge in [-0.15, -0.1) is 11.3 Å². The number of hydrogen-bond acceptors (Lipinski definition) is 7. The van der Waals surface area contributed by atoms with Crippen molar-refractivity contribution in [3.8, 4) is 0 Å². The molecule has 0 radical (unpaired) electrons. The number of thiophene rings is 1. The summed E-state index contributed by atoms with van der Waals surface area (Å²) in [6.45, 7) is 2.42. The fourth-order valence-corrected chi connectivity index (χ4v) is 4.55. The van der Waals surface area contributed by atoms with Gasteiger partial charge in [0.15, 0.2) is 6.23 Å². The van der Waals surface area contributed by atoms with Crippen molar-refractivity contribution in [3.63, 3.8) is 0 Å². The van der Waals surface area contributed by atoms with Gasteiger partial charge < -0.3 is 24.3 Å². The van der Waals surface area contributed by atoms with E-state index in [2.05, 4.69) is 9.97 Å². The molecule has 1 fully saturated rings. The van der Waals surface area contributed by atoms with E-state index in [9.17, 15) is 10.2 Å². The molecule has 1 saturated heterocycles. The monoisotopic (exact) mass is 359 g/mol. The summed E-state index contributed by atoms with van der Waals surface area (Å²) in [6, 6.07) is 3.89. The third-order valence-corrected chi connectivity index (χ3v) is 5.95. The fraction of sp³-hybridized carbons (Fsp3) is 0.412. The molecule has 3 aromatic heterocycles. The molecule has 5 rings (SSSR count). The Morgan fingerprint density at radius 3 is 3.00 bits per heavy atom. The van der Waals surface area contributed by atoms with Gasteiger partial charge in [0, 0.05) is 16.5 Å². The highest BCUT2D eigenvalue weighted by atomic mass is 32.1. The molecule has 0 aliphatic carbocycles. The molecular weight excluding hydrogens is 342 g/mol. The molecule has 2 aliphatic rings. The van der Waals surface area contributed by atoms with Gasteiger partial charge in [0.2, 0.25) is 0 Å². The van der Waals surface area contributed by atoms with Gasteiger partial charge in [0.25, 0.3) is 0 Å². The molecule has 130 valence electrons. The van der Waals surface area contributed by atoms with Gasteiger partial charge in [0.1, 0.15) is 36.4 Å². The van der Waals surface area contributed by atoms with Crippen LogP contribution in [0, 0.1) is 6.92 Å². The number of aromatic nitrogens is 3. The molecule has 0 spiro atoms. The highest BCUT2D eigenvalue weighted by Crippen LogP contribution is 2.44. The van der Waals surface area contributed by atoms with Crippen molar-refractivity contribution in [3.05, 3.63) is 46.2 Å². The van der Waals surface area contributed by atoms with Crippen molar-refractivity contribution in [2.24, 2.45) is 0 Å². The first-order chi connectivity index (χ1) is 12.1. The topological polar surface area (TPSA) is 89.6 Å². The number of aliphatic hydroxyl groups excluding tert-OH is 2. The van der Waals surface area contributed by atoms with E-state index in [1.807, 2.05) is 24.4 Å². The second-order valence-corrected chi connectivity index (χ2v) is 7.42. The SMILES string of the molecule is Cc1ncnc2c1ccn2[C@@H]1O[C@H](C2OCc3sccc32)[C@@H](O)[C@H]1O. The third-order valence-electron chi connectivity index (χ3n) is 5.04. The minimum absolute atomic E-state index is 0.367.